The average molecular weight is 328 g/mol. The van der Waals surface area contributed by atoms with Gasteiger partial charge >= 0.3 is 0 Å². The zero-order valence-electron chi connectivity index (χ0n) is 11.0. The van der Waals surface area contributed by atoms with Gasteiger partial charge in [-0.3, -0.25) is 4.79 Å². The summed E-state index contributed by atoms with van der Waals surface area (Å²) in [6, 6.07) is 0.389. The normalized spacial score (nSPS) is 27.6. The molecule has 6 heteroatoms. The van der Waals surface area contributed by atoms with Crippen LogP contribution in [-0.2, 0) is 4.74 Å². The number of ether oxygens (including phenoxy) is 1. The SMILES string of the molecule is CC1CN(c2nccn(C3CC3)c2=O)CC(CBr)O1. The van der Waals surface area contributed by atoms with E-state index in [9.17, 15) is 4.79 Å². The highest BCUT2D eigenvalue weighted by atomic mass is 79.9. The summed E-state index contributed by atoms with van der Waals surface area (Å²) in [6.45, 7) is 3.47. The summed E-state index contributed by atoms with van der Waals surface area (Å²) < 4.78 is 7.62. The van der Waals surface area contributed by atoms with Crippen molar-refractivity contribution in [2.24, 2.45) is 0 Å². The predicted molar refractivity (Wildman–Crippen MR) is 77.1 cm³/mol. The number of aromatic nitrogens is 2. The van der Waals surface area contributed by atoms with Gasteiger partial charge in [0.25, 0.3) is 5.56 Å². The fourth-order valence-corrected chi connectivity index (χ4v) is 2.93. The van der Waals surface area contributed by atoms with Crippen LogP contribution in [0.5, 0.6) is 0 Å². The lowest BCUT2D eigenvalue weighted by Crippen LogP contribution is -2.49. The zero-order valence-corrected chi connectivity index (χ0v) is 12.5. The van der Waals surface area contributed by atoms with E-state index in [1.807, 2.05) is 11.5 Å². The van der Waals surface area contributed by atoms with Crippen molar-refractivity contribution in [3.8, 4) is 0 Å². The second kappa shape index (κ2) is 5.25. The molecule has 2 heterocycles. The van der Waals surface area contributed by atoms with Gasteiger partial charge < -0.3 is 14.2 Å². The number of halogens is 1. The highest BCUT2D eigenvalue weighted by Gasteiger charge is 2.30. The Hall–Kier alpha value is -0.880. The van der Waals surface area contributed by atoms with Crippen LogP contribution in [0.2, 0.25) is 0 Å². The molecule has 0 N–H and O–H groups in total. The maximum absolute atomic E-state index is 12.5. The van der Waals surface area contributed by atoms with Crippen LogP contribution in [0.15, 0.2) is 17.2 Å². The Labute approximate surface area is 120 Å². The highest BCUT2D eigenvalue weighted by molar-refractivity contribution is 9.09. The molecule has 0 radical (unpaired) electrons. The first-order valence-corrected chi connectivity index (χ1v) is 7.84. The molecule has 5 nitrogen and oxygen atoms in total. The maximum Gasteiger partial charge on any atom is 0.293 e. The first-order valence-electron chi connectivity index (χ1n) is 6.72. The molecule has 3 rings (SSSR count). The van der Waals surface area contributed by atoms with E-state index in [-0.39, 0.29) is 17.8 Å². The molecule has 1 saturated heterocycles. The van der Waals surface area contributed by atoms with E-state index in [0.29, 0.717) is 18.4 Å². The Morgan fingerprint density at radius 2 is 2.26 bits per heavy atom. The fourth-order valence-electron chi connectivity index (χ4n) is 2.57. The molecule has 19 heavy (non-hydrogen) atoms. The van der Waals surface area contributed by atoms with Crippen molar-refractivity contribution >= 4 is 21.7 Å². The largest absolute Gasteiger partial charge is 0.371 e. The van der Waals surface area contributed by atoms with E-state index in [4.69, 9.17) is 4.74 Å². The fraction of sp³-hybridized carbons (Fsp3) is 0.692. The van der Waals surface area contributed by atoms with Crippen LogP contribution in [0.3, 0.4) is 0 Å². The lowest BCUT2D eigenvalue weighted by atomic mass is 10.2. The number of rotatable bonds is 3. The van der Waals surface area contributed by atoms with Gasteiger partial charge in [0.15, 0.2) is 5.82 Å². The average Bonchev–Trinajstić information content (AvgIpc) is 3.22. The Balaban J connectivity index is 1.88. The zero-order chi connectivity index (χ0) is 13.4. The maximum atomic E-state index is 12.5. The molecule has 2 aliphatic rings. The van der Waals surface area contributed by atoms with E-state index in [1.165, 1.54) is 0 Å². The number of nitrogens with zero attached hydrogens (tertiary/aromatic N) is 3. The molecular formula is C13H18BrN3O2. The number of hydrogen-bond acceptors (Lipinski definition) is 4. The molecule has 1 aliphatic carbocycles. The van der Waals surface area contributed by atoms with Crippen LogP contribution in [0.4, 0.5) is 5.82 Å². The summed E-state index contributed by atoms with van der Waals surface area (Å²) in [5.41, 5.74) is 0.0347. The third-order valence-electron chi connectivity index (χ3n) is 3.59. The summed E-state index contributed by atoms with van der Waals surface area (Å²) in [4.78, 5) is 18.8. The van der Waals surface area contributed by atoms with Crippen LogP contribution in [0.25, 0.3) is 0 Å². The molecule has 1 aromatic heterocycles. The van der Waals surface area contributed by atoms with E-state index in [0.717, 1.165) is 24.7 Å². The summed E-state index contributed by atoms with van der Waals surface area (Å²) >= 11 is 3.45. The minimum atomic E-state index is 0.0347. The summed E-state index contributed by atoms with van der Waals surface area (Å²) in [6.07, 6.45) is 5.97. The van der Waals surface area contributed by atoms with Crippen LogP contribution in [0, 0.1) is 0 Å². The molecule has 2 unspecified atom stereocenters. The third kappa shape index (κ3) is 2.69. The van der Waals surface area contributed by atoms with Gasteiger partial charge in [-0.15, -0.1) is 0 Å². The second-order valence-electron chi connectivity index (χ2n) is 5.32. The van der Waals surface area contributed by atoms with Gasteiger partial charge in [-0.1, -0.05) is 15.9 Å². The minimum absolute atomic E-state index is 0.0347. The first kappa shape index (κ1) is 13.1. The van der Waals surface area contributed by atoms with Crippen molar-refractivity contribution in [1.29, 1.82) is 0 Å². The lowest BCUT2D eigenvalue weighted by Gasteiger charge is -2.36. The van der Waals surface area contributed by atoms with Gasteiger partial charge in [0.05, 0.1) is 12.2 Å². The third-order valence-corrected chi connectivity index (χ3v) is 4.31. The van der Waals surface area contributed by atoms with Gasteiger partial charge in [0, 0.05) is 36.9 Å². The second-order valence-corrected chi connectivity index (χ2v) is 5.97. The quantitative estimate of drug-likeness (QED) is 0.790. The van der Waals surface area contributed by atoms with Gasteiger partial charge in [-0.05, 0) is 19.8 Å². The summed E-state index contributed by atoms with van der Waals surface area (Å²) in [5, 5.41) is 0.775. The Morgan fingerprint density at radius 1 is 1.47 bits per heavy atom. The van der Waals surface area contributed by atoms with Gasteiger partial charge in [-0.2, -0.15) is 0 Å². The van der Waals surface area contributed by atoms with E-state index in [2.05, 4.69) is 25.8 Å². The predicted octanol–water partition coefficient (Wildman–Crippen LogP) is 1.57. The Kier molecular flexibility index (Phi) is 3.62. The monoisotopic (exact) mass is 327 g/mol. The van der Waals surface area contributed by atoms with Gasteiger partial charge in [-0.25, -0.2) is 4.98 Å². The molecule has 2 fully saturated rings. The number of anilines is 1. The molecule has 2 atom stereocenters. The molecule has 1 saturated carbocycles. The molecule has 1 aliphatic heterocycles. The van der Waals surface area contributed by atoms with E-state index < -0.39 is 0 Å². The first-order chi connectivity index (χ1) is 9.19. The van der Waals surface area contributed by atoms with Crippen LogP contribution < -0.4 is 10.5 Å². The molecule has 0 aromatic carbocycles. The Morgan fingerprint density at radius 3 is 2.95 bits per heavy atom. The molecule has 104 valence electrons. The molecule has 1 aromatic rings. The van der Waals surface area contributed by atoms with Crippen molar-refractivity contribution in [2.75, 3.05) is 23.3 Å². The number of morpholine rings is 1. The van der Waals surface area contributed by atoms with Crippen molar-refractivity contribution < 1.29 is 4.74 Å². The standard InChI is InChI=1S/C13H18BrN3O2/c1-9-7-16(8-11(6-14)19-9)12-13(18)17(5-4-15-12)10-2-3-10/h4-5,9-11H,2-3,6-8H2,1H3. The van der Waals surface area contributed by atoms with Crippen LogP contribution in [0.1, 0.15) is 25.8 Å². The molecule has 0 amide bonds. The van der Waals surface area contributed by atoms with Crippen LogP contribution in [-0.4, -0.2) is 40.2 Å². The highest BCUT2D eigenvalue weighted by Crippen LogP contribution is 2.33. The summed E-state index contributed by atoms with van der Waals surface area (Å²) in [7, 11) is 0. The summed E-state index contributed by atoms with van der Waals surface area (Å²) in [5.74, 6) is 0.565. The molecule has 0 bridgehead atoms. The van der Waals surface area contributed by atoms with Gasteiger partial charge in [0.2, 0.25) is 0 Å². The number of hydrogen-bond donors (Lipinski definition) is 0. The van der Waals surface area contributed by atoms with E-state index >= 15 is 0 Å². The van der Waals surface area contributed by atoms with Gasteiger partial charge in [0.1, 0.15) is 0 Å². The lowest BCUT2D eigenvalue weighted by molar-refractivity contribution is -0.00234. The topological polar surface area (TPSA) is 47.4 Å². The molecular weight excluding hydrogens is 310 g/mol. The number of alkyl halides is 1. The smallest absolute Gasteiger partial charge is 0.293 e. The van der Waals surface area contributed by atoms with Crippen molar-refractivity contribution in [3.05, 3.63) is 22.7 Å². The van der Waals surface area contributed by atoms with Crippen molar-refractivity contribution in [2.45, 2.75) is 38.0 Å². The Bertz CT molecular complexity index is 515. The minimum Gasteiger partial charge on any atom is -0.371 e. The van der Waals surface area contributed by atoms with Crippen molar-refractivity contribution in [1.82, 2.24) is 9.55 Å². The molecule has 0 spiro atoms. The van der Waals surface area contributed by atoms with E-state index in [1.54, 1.807) is 12.4 Å². The van der Waals surface area contributed by atoms with Crippen molar-refractivity contribution in [3.63, 3.8) is 0 Å². The van der Waals surface area contributed by atoms with Crippen LogP contribution >= 0.6 is 15.9 Å².